The van der Waals surface area contributed by atoms with Gasteiger partial charge in [0.15, 0.2) is 0 Å². The highest BCUT2D eigenvalue weighted by molar-refractivity contribution is 8.26. The average molecular weight is 497 g/mol. The van der Waals surface area contributed by atoms with Crippen LogP contribution in [0.15, 0.2) is 32.5 Å². The molecule has 1 amide bonds. The highest BCUT2D eigenvalue weighted by Crippen LogP contribution is 2.37. The number of piperidine rings is 1. The molecule has 4 heterocycles. The van der Waals surface area contributed by atoms with Crippen molar-refractivity contribution in [3.63, 3.8) is 0 Å². The Bertz CT molecular complexity index is 1220. The predicted molar refractivity (Wildman–Crippen MR) is 139 cm³/mol. The SMILES string of the molecule is CCCCn1c(N2CCCCC2)c(/C=C2\SC(=S)N(Cc3ccco3)C2=O)c(C)c(C#N)c1=O. The molecule has 178 valence electrons. The van der Waals surface area contributed by atoms with Gasteiger partial charge in [0.25, 0.3) is 11.5 Å². The molecule has 0 saturated carbocycles. The molecule has 34 heavy (non-hydrogen) atoms. The summed E-state index contributed by atoms with van der Waals surface area (Å²) in [4.78, 5) is 30.8. The number of carbonyl (C=O) groups is 1. The van der Waals surface area contributed by atoms with Crippen LogP contribution in [0.3, 0.4) is 0 Å². The number of hydrogen-bond acceptors (Lipinski definition) is 7. The summed E-state index contributed by atoms with van der Waals surface area (Å²) < 4.78 is 7.61. The monoisotopic (exact) mass is 496 g/mol. The summed E-state index contributed by atoms with van der Waals surface area (Å²) in [5.41, 5.74) is 1.25. The van der Waals surface area contributed by atoms with Gasteiger partial charge in [0.1, 0.15) is 27.5 Å². The molecule has 0 aliphatic carbocycles. The number of nitriles is 1. The smallest absolute Gasteiger partial charge is 0.270 e. The van der Waals surface area contributed by atoms with Crippen molar-refractivity contribution in [2.24, 2.45) is 0 Å². The van der Waals surface area contributed by atoms with Crippen LogP contribution in [0.25, 0.3) is 6.08 Å². The van der Waals surface area contributed by atoms with Crippen molar-refractivity contribution in [3.8, 4) is 6.07 Å². The third-order valence-electron chi connectivity index (χ3n) is 6.28. The van der Waals surface area contributed by atoms with E-state index in [1.807, 2.05) is 12.1 Å². The van der Waals surface area contributed by atoms with Gasteiger partial charge in [-0.25, -0.2) is 0 Å². The second kappa shape index (κ2) is 10.6. The van der Waals surface area contributed by atoms with Crippen molar-refractivity contribution in [3.05, 3.63) is 56.1 Å². The van der Waals surface area contributed by atoms with Crippen LogP contribution in [0.1, 0.15) is 61.5 Å². The number of carbonyl (C=O) groups excluding carboxylic acids is 1. The molecule has 0 aromatic carbocycles. The summed E-state index contributed by atoms with van der Waals surface area (Å²) in [6.45, 7) is 6.38. The molecule has 0 spiro atoms. The van der Waals surface area contributed by atoms with Gasteiger partial charge in [-0.05, 0) is 56.4 Å². The minimum Gasteiger partial charge on any atom is -0.467 e. The maximum atomic E-state index is 13.3. The molecule has 2 aliphatic heterocycles. The minimum absolute atomic E-state index is 0.133. The van der Waals surface area contributed by atoms with E-state index in [1.165, 1.54) is 16.7 Å². The van der Waals surface area contributed by atoms with E-state index in [0.29, 0.717) is 27.1 Å². The first-order valence-electron chi connectivity index (χ1n) is 11.7. The van der Waals surface area contributed by atoms with E-state index in [-0.39, 0.29) is 23.6 Å². The predicted octanol–water partition coefficient (Wildman–Crippen LogP) is 4.81. The number of anilines is 1. The molecule has 0 bridgehead atoms. The zero-order valence-electron chi connectivity index (χ0n) is 19.5. The fourth-order valence-corrected chi connectivity index (χ4v) is 5.68. The number of furan rings is 1. The van der Waals surface area contributed by atoms with Crippen molar-refractivity contribution in [2.45, 2.75) is 59.0 Å². The summed E-state index contributed by atoms with van der Waals surface area (Å²) in [5, 5.41) is 9.81. The van der Waals surface area contributed by atoms with Crippen molar-refractivity contribution in [1.82, 2.24) is 9.47 Å². The molecule has 4 rings (SSSR count). The Morgan fingerprint density at radius 1 is 1.26 bits per heavy atom. The zero-order chi connectivity index (χ0) is 24.2. The van der Waals surface area contributed by atoms with Crippen LogP contribution in [0.5, 0.6) is 0 Å². The molecule has 0 unspecified atom stereocenters. The fourth-order valence-electron chi connectivity index (χ4n) is 4.44. The number of thioether (sulfide) groups is 1. The highest BCUT2D eigenvalue weighted by Gasteiger charge is 2.34. The second-order valence-corrected chi connectivity index (χ2v) is 10.2. The Hall–Kier alpha value is -2.83. The summed E-state index contributed by atoms with van der Waals surface area (Å²) in [6.07, 6.45) is 8.41. The van der Waals surface area contributed by atoms with Crippen LogP contribution in [-0.2, 0) is 17.9 Å². The van der Waals surface area contributed by atoms with E-state index in [9.17, 15) is 14.9 Å². The molecule has 0 N–H and O–H groups in total. The lowest BCUT2D eigenvalue weighted by atomic mass is 10.0. The van der Waals surface area contributed by atoms with Gasteiger partial charge in [-0.2, -0.15) is 5.26 Å². The molecule has 2 aliphatic rings. The molecule has 0 radical (unpaired) electrons. The number of pyridine rings is 1. The number of rotatable bonds is 7. The van der Waals surface area contributed by atoms with Crippen LogP contribution in [0.4, 0.5) is 5.82 Å². The molecule has 2 aromatic rings. The van der Waals surface area contributed by atoms with Crippen molar-refractivity contribution < 1.29 is 9.21 Å². The molecular weight excluding hydrogens is 468 g/mol. The van der Waals surface area contributed by atoms with Gasteiger partial charge < -0.3 is 9.32 Å². The Labute approximate surface area is 209 Å². The van der Waals surface area contributed by atoms with Gasteiger partial charge in [0.05, 0.1) is 17.7 Å². The Balaban J connectivity index is 1.83. The second-order valence-electron chi connectivity index (χ2n) is 8.55. The lowest BCUT2D eigenvalue weighted by Crippen LogP contribution is -2.37. The normalized spacial score (nSPS) is 17.6. The van der Waals surface area contributed by atoms with Gasteiger partial charge in [-0.1, -0.05) is 37.3 Å². The largest absolute Gasteiger partial charge is 0.467 e. The number of aromatic nitrogens is 1. The van der Waals surface area contributed by atoms with Gasteiger partial charge in [0.2, 0.25) is 0 Å². The minimum atomic E-state index is -0.253. The third-order valence-corrected chi connectivity index (χ3v) is 7.66. The van der Waals surface area contributed by atoms with Crippen LogP contribution in [0.2, 0.25) is 0 Å². The third kappa shape index (κ3) is 4.70. The first kappa shape index (κ1) is 24.3. The lowest BCUT2D eigenvalue weighted by Gasteiger charge is -2.33. The summed E-state index contributed by atoms with van der Waals surface area (Å²) in [6, 6.07) is 5.70. The summed E-state index contributed by atoms with van der Waals surface area (Å²) in [5.74, 6) is 1.27. The maximum Gasteiger partial charge on any atom is 0.270 e. The number of thiocarbonyl (C=S) groups is 1. The van der Waals surface area contributed by atoms with E-state index >= 15 is 0 Å². The lowest BCUT2D eigenvalue weighted by molar-refractivity contribution is -0.122. The molecule has 2 fully saturated rings. The topological polar surface area (TPSA) is 82.5 Å². The van der Waals surface area contributed by atoms with E-state index in [2.05, 4.69) is 17.9 Å². The molecule has 9 heteroatoms. The van der Waals surface area contributed by atoms with Crippen LogP contribution in [-0.4, -0.2) is 32.8 Å². The fraction of sp³-hybridized carbons (Fsp3) is 0.440. The first-order chi connectivity index (χ1) is 16.5. The van der Waals surface area contributed by atoms with Gasteiger partial charge in [-0.3, -0.25) is 19.1 Å². The van der Waals surface area contributed by atoms with Crippen molar-refractivity contribution in [2.75, 3.05) is 18.0 Å². The number of nitrogens with zero attached hydrogens (tertiary/aromatic N) is 4. The van der Waals surface area contributed by atoms with Gasteiger partial charge >= 0.3 is 0 Å². The Kier molecular flexibility index (Phi) is 7.59. The molecule has 7 nitrogen and oxygen atoms in total. The van der Waals surface area contributed by atoms with Crippen LogP contribution in [0, 0.1) is 18.3 Å². The molecule has 2 saturated heterocycles. The highest BCUT2D eigenvalue weighted by atomic mass is 32.2. The van der Waals surface area contributed by atoms with Gasteiger partial charge in [0, 0.05) is 25.2 Å². The summed E-state index contributed by atoms with van der Waals surface area (Å²) >= 11 is 6.74. The standard InChI is InChI=1S/C25H28N4O3S2/c1-3-4-12-28-22(27-10-6-5-7-11-27)19(17(2)20(15-26)23(28)30)14-21-24(31)29(25(33)34-21)16-18-9-8-13-32-18/h8-9,13-14H,3-7,10-12,16H2,1-2H3/b21-14-. The van der Waals surface area contributed by atoms with Crippen molar-refractivity contribution in [1.29, 1.82) is 5.26 Å². The summed E-state index contributed by atoms with van der Waals surface area (Å²) in [7, 11) is 0. The molecule has 2 aromatic heterocycles. The number of unbranched alkanes of at least 4 members (excludes halogenated alkanes) is 1. The zero-order valence-corrected chi connectivity index (χ0v) is 21.1. The quantitative estimate of drug-likeness (QED) is 0.402. The molecule has 0 atom stereocenters. The first-order valence-corrected chi connectivity index (χ1v) is 12.9. The van der Waals surface area contributed by atoms with E-state index < -0.39 is 0 Å². The number of amides is 1. The van der Waals surface area contributed by atoms with E-state index in [0.717, 1.165) is 56.6 Å². The average Bonchev–Trinajstić information content (AvgIpc) is 3.45. The van der Waals surface area contributed by atoms with Crippen LogP contribution < -0.4 is 10.5 Å². The maximum absolute atomic E-state index is 13.3. The Morgan fingerprint density at radius 2 is 2.03 bits per heavy atom. The van der Waals surface area contributed by atoms with Gasteiger partial charge in [-0.15, -0.1) is 0 Å². The Morgan fingerprint density at radius 3 is 2.68 bits per heavy atom. The van der Waals surface area contributed by atoms with E-state index in [4.69, 9.17) is 16.6 Å². The van der Waals surface area contributed by atoms with Crippen LogP contribution >= 0.6 is 24.0 Å². The molecular formula is C25H28N4O3S2. The van der Waals surface area contributed by atoms with E-state index in [1.54, 1.807) is 23.8 Å². The number of hydrogen-bond donors (Lipinski definition) is 0. The van der Waals surface area contributed by atoms with Crippen molar-refractivity contribution >= 4 is 46.1 Å².